The molecule has 4 nitrogen and oxygen atoms in total. The summed E-state index contributed by atoms with van der Waals surface area (Å²) in [6.45, 7) is 1.91. The standard InChI is InChI=1S/C34H26N4/c35-19-21-1-3-23-13-15-37(31(23)17-21)29-11-7-25-6-10-28-30(12-8-26-5-9-27(29)33(25)34(26)28)38-16-14-24-4-2-22(20-36)18-32(24)38/h1-5,7-9,11-12,17-18,33-34H,6,10,13-16H2. The number of rotatable bonds is 2. The van der Waals surface area contributed by atoms with Gasteiger partial charge in [-0.15, -0.1) is 0 Å². The highest BCUT2D eigenvalue weighted by molar-refractivity contribution is 5.72. The van der Waals surface area contributed by atoms with Crippen molar-refractivity contribution in [2.75, 3.05) is 22.9 Å². The molecule has 2 heterocycles. The number of hydrogen-bond donors (Lipinski definition) is 0. The Kier molecular flexibility index (Phi) is 4.52. The molecule has 2 aromatic rings. The number of hydrogen-bond acceptors (Lipinski definition) is 4. The van der Waals surface area contributed by atoms with E-state index in [1.54, 1.807) is 0 Å². The van der Waals surface area contributed by atoms with Crippen molar-refractivity contribution in [1.82, 2.24) is 0 Å². The summed E-state index contributed by atoms with van der Waals surface area (Å²) in [5.41, 5.74) is 15.0. The molecule has 38 heavy (non-hydrogen) atoms. The summed E-state index contributed by atoms with van der Waals surface area (Å²) in [6, 6.07) is 16.9. The molecule has 2 unspecified atom stereocenters. The molecule has 1 saturated carbocycles. The monoisotopic (exact) mass is 490 g/mol. The second-order valence-electron chi connectivity index (χ2n) is 11.0. The fourth-order valence-corrected chi connectivity index (χ4v) is 7.52. The summed E-state index contributed by atoms with van der Waals surface area (Å²) in [7, 11) is 0. The van der Waals surface area contributed by atoms with Gasteiger partial charge >= 0.3 is 0 Å². The molecule has 2 aromatic carbocycles. The van der Waals surface area contributed by atoms with E-state index in [2.05, 4.69) is 82.7 Å². The largest absolute Gasteiger partial charge is 0.341 e. The highest BCUT2D eigenvalue weighted by Gasteiger charge is 2.44. The Balaban J connectivity index is 1.21. The molecule has 0 spiro atoms. The van der Waals surface area contributed by atoms with Crippen LogP contribution in [0.5, 0.6) is 0 Å². The third kappa shape index (κ3) is 2.95. The summed E-state index contributed by atoms with van der Waals surface area (Å²) in [4.78, 5) is 4.90. The SMILES string of the molecule is N#Cc1ccc2c(c1)N(C1=CC=C3CCC4=C(N5CCc6ccc(C#N)cc65)C=CC5=CC=C1C3C54)CC2. The number of allylic oxidation sites excluding steroid dienone is 10. The van der Waals surface area contributed by atoms with Gasteiger partial charge in [-0.25, -0.2) is 0 Å². The summed E-state index contributed by atoms with van der Waals surface area (Å²) in [5, 5.41) is 19.0. The van der Waals surface area contributed by atoms with E-state index < -0.39 is 0 Å². The van der Waals surface area contributed by atoms with Gasteiger partial charge in [-0.3, -0.25) is 0 Å². The topological polar surface area (TPSA) is 54.1 Å². The Bertz CT molecular complexity index is 1710. The maximum atomic E-state index is 9.52. The summed E-state index contributed by atoms with van der Waals surface area (Å²) in [5.74, 6) is 0.712. The number of fused-ring (bicyclic) bond motifs is 2. The molecule has 4 aliphatic carbocycles. The van der Waals surface area contributed by atoms with Gasteiger partial charge in [0.25, 0.3) is 0 Å². The lowest BCUT2D eigenvalue weighted by atomic mass is 9.61. The van der Waals surface area contributed by atoms with Gasteiger partial charge in [-0.05, 0) is 89.9 Å². The van der Waals surface area contributed by atoms with Crippen LogP contribution < -0.4 is 9.80 Å². The minimum absolute atomic E-state index is 0.356. The maximum absolute atomic E-state index is 9.52. The first-order chi connectivity index (χ1) is 18.7. The second kappa shape index (κ2) is 7.98. The smallest absolute Gasteiger partial charge is 0.0992 e. The van der Waals surface area contributed by atoms with Crippen LogP contribution in [0.1, 0.15) is 35.1 Å². The predicted octanol–water partition coefficient (Wildman–Crippen LogP) is 6.40. The normalized spacial score (nSPS) is 23.9. The molecule has 182 valence electrons. The number of benzene rings is 2. The van der Waals surface area contributed by atoms with Gasteiger partial charge in [0.2, 0.25) is 0 Å². The lowest BCUT2D eigenvalue weighted by molar-refractivity contribution is 0.468. The van der Waals surface area contributed by atoms with Crippen LogP contribution in [-0.4, -0.2) is 13.1 Å². The average molecular weight is 491 g/mol. The van der Waals surface area contributed by atoms with E-state index in [4.69, 9.17) is 0 Å². The highest BCUT2D eigenvalue weighted by atomic mass is 15.2. The lowest BCUT2D eigenvalue weighted by Gasteiger charge is -2.46. The van der Waals surface area contributed by atoms with Crippen molar-refractivity contribution >= 4 is 11.4 Å². The Hall–Kier alpha value is -4.54. The van der Waals surface area contributed by atoms with E-state index in [9.17, 15) is 10.5 Å². The predicted molar refractivity (Wildman–Crippen MR) is 149 cm³/mol. The van der Waals surface area contributed by atoms with Crippen LogP contribution in [0.3, 0.4) is 0 Å². The molecule has 4 heteroatoms. The van der Waals surface area contributed by atoms with Crippen LogP contribution in [0.15, 0.2) is 107 Å². The Morgan fingerprint density at radius 1 is 0.684 bits per heavy atom. The van der Waals surface area contributed by atoms with Crippen molar-refractivity contribution in [3.8, 4) is 12.1 Å². The van der Waals surface area contributed by atoms with Gasteiger partial charge in [0.1, 0.15) is 0 Å². The molecule has 8 rings (SSSR count). The summed E-state index contributed by atoms with van der Waals surface area (Å²) < 4.78 is 0. The Morgan fingerprint density at radius 3 is 2.13 bits per heavy atom. The van der Waals surface area contributed by atoms with Gasteiger partial charge in [0.15, 0.2) is 0 Å². The second-order valence-corrected chi connectivity index (χ2v) is 11.0. The molecule has 0 bridgehead atoms. The van der Waals surface area contributed by atoms with Crippen LogP contribution in [0, 0.1) is 34.5 Å². The van der Waals surface area contributed by atoms with E-state index >= 15 is 0 Å². The molecule has 2 atom stereocenters. The maximum Gasteiger partial charge on any atom is 0.0992 e. The molecule has 0 saturated heterocycles. The zero-order chi connectivity index (χ0) is 25.4. The molecule has 1 fully saturated rings. The fourth-order valence-electron chi connectivity index (χ4n) is 7.52. The van der Waals surface area contributed by atoms with E-state index in [1.807, 2.05) is 12.1 Å². The van der Waals surface area contributed by atoms with Crippen LogP contribution >= 0.6 is 0 Å². The van der Waals surface area contributed by atoms with E-state index in [1.165, 1.54) is 56.2 Å². The van der Waals surface area contributed by atoms with Crippen molar-refractivity contribution in [2.24, 2.45) is 11.8 Å². The first kappa shape index (κ1) is 21.5. The highest BCUT2D eigenvalue weighted by Crippen LogP contribution is 2.55. The molecule has 0 aromatic heterocycles. The quantitative estimate of drug-likeness (QED) is 0.489. The van der Waals surface area contributed by atoms with Crippen LogP contribution in [0.4, 0.5) is 11.4 Å². The van der Waals surface area contributed by atoms with Crippen molar-refractivity contribution in [3.05, 3.63) is 129 Å². The molecule has 0 amide bonds. The van der Waals surface area contributed by atoms with E-state index in [0.29, 0.717) is 11.8 Å². The lowest BCUT2D eigenvalue weighted by Crippen LogP contribution is -2.37. The van der Waals surface area contributed by atoms with Crippen molar-refractivity contribution in [3.63, 3.8) is 0 Å². The molecular formula is C34H26N4. The Morgan fingerprint density at radius 2 is 1.39 bits per heavy atom. The first-order valence-corrected chi connectivity index (χ1v) is 13.6. The minimum atomic E-state index is 0.356. The van der Waals surface area contributed by atoms with Gasteiger partial charge < -0.3 is 9.80 Å². The van der Waals surface area contributed by atoms with E-state index in [-0.39, 0.29) is 0 Å². The molecule has 0 N–H and O–H groups in total. The summed E-state index contributed by atoms with van der Waals surface area (Å²) in [6.07, 6.45) is 18.2. The molecule has 0 radical (unpaired) electrons. The third-order valence-corrected chi connectivity index (χ3v) is 9.26. The van der Waals surface area contributed by atoms with Crippen LogP contribution in [0.25, 0.3) is 0 Å². The van der Waals surface area contributed by atoms with Crippen LogP contribution in [-0.2, 0) is 12.8 Å². The molecule has 2 aliphatic heterocycles. The third-order valence-electron chi connectivity index (χ3n) is 9.26. The minimum Gasteiger partial charge on any atom is -0.341 e. The van der Waals surface area contributed by atoms with E-state index in [0.717, 1.165) is 49.9 Å². The fraction of sp³-hybridized carbons (Fsp3) is 0.235. The van der Waals surface area contributed by atoms with Gasteiger partial charge in [0, 0.05) is 47.7 Å². The Labute approximate surface area is 223 Å². The van der Waals surface area contributed by atoms with Gasteiger partial charge in [0.05, 0.1) is 23.3 Å². The molecule has 6 aliphatic rings. The summed E-state index contributed by atoms with van der Waals surface area (Å²) >= 11 is 0. The molecular weight excluding hydrogens is 464 g/mol. The van der Waals surface area contributed by atoms with Crippen molar-refractivity contribution in [1.29, 1.82) is 10.5 Å². The number of nitrogens with zero attached hydrogens (tertiary/aromatic N) is 4. The number of anilines is 2. The van der Waals surface area contributed by atoms with Gasteiger partial charge in [-0.2, -0.15) is 10.5 Å². The van der Waals surface area contributed by atoms with Crippen molar-refractivity contribution < 1.29 is 0 Å². The zero-order valence-corrected chi connectivity index (χ0v) is 21.1. The van der Waals surface area contributed by atoms with Gasteiger partial charge in [-0.1, -0.05) is 42.0 Å². The van der Waals surface area contributed by atoms with Crippen molar-refractivity contribution in [2.45, 2.75) is 25.7 Å². The van der Waals surface area contributed by atoms with Crippen LogP contribution in [0.2, 0.25) is 0 Å². The zero-order valence-electron chi connectivity index (χ0n) is 21.1. The average Bonchev–Trinajstić information content (AvgIpc) is 3.59. The number of nitriles is 2. The first-order valence-electron chi connectivity index (χ1n) is 13.6.